The van der Waals surface area contributed by atoms with Gasteiger partial charge in [-0.15, -0.1) is 11.3 Å². The molecule has 1 heterocycles. The summed E-state index contributed by atoms with van der Waals surface area (Å²) in [6.45, 7) is 2.25. The number of nitrogens with zero attached hydrogens (tertiary/aromatic N) is 1. The number of ether oxygens (including phenoxy) is 1. The Morgan fingerprint density at radius 3 is 2.30 bits per heavy atom. The molecule has 3 rings (SSSR count). The normalized spacial score (nSPS) is 11.3. The van der Waals surface area contributed by atoms with E-state index in [4.69, 9.17) is 16.3 Å². The number of unbranched alkanes of at least 4 members (excludes halogenated alkanes) is 10. The van der Waals surface area contributed by atoms with Gasteiger partial charge >= 0.3 is 5.97 Å². The van der Waals surface area contributed by atoms with Gasteiger partial charge in [0.2, 0.25) is 5.91 Å². The molecule has 0 aliphatic carbocycles. The van der Waals surface area contributed by atoms with Crippen LogP contribution in [0.1, 0.15) is 99.2 Å². The lowest BCUT2D eigenvalue weighted by molar-refractivity contribution is -0.121. The summed E-state index contributed by atoms with van der Waals surface area (Å²) >= 11 is 7.70. The van der Waals surface area contributed by atoms with Crippen molar-refractivity contribution >= 4 is 51.1 Å². The van der Waals surface area contributed by atoms with Crippen LogP contribution < -0.4 is 10.2 Å². The van der Waals surface area contributed by atoms with Crippen LogP contribution in [0.4, 0.5) is 0 Å². The Hall–Kier alpha value is -2.70. The first-order chi connectivity index (χ1) is 18.1. The summed E-state index contributed by atoms with van der Waals surface area (Å²) in [6.07, 6.45) is 15.8. The molecule has 0 atom stereocenters. The Labute approximate surface area is 229 Å². The third kappa shape index (κ3) is 9.94. The van der Waals surface area contributed by atoms with Gasteiger partial charge in [0.05, 0.1) is 11.2 Å². The highest BCUT2D eigenvalue weighted by Gasteiger charge is 2.19. The molecule has 1 aromatic heterocycles. The van der Waals surface area contributed by atoms with E-state index in [0.717, 1.165) is 22.9 Å². The molecule has 0 fully saturated rings. The molecule has 0 saturated heterocycles. The number of benzene rings is 2. The molecule has 0 saturated carbocycles. The number of hydrogen-bond donors (Lipinski definition) is 1. The maximum Gasteiger partial charge on any atom is 0.355 e. The summed E-state index contributed by atoms with van der Waals surface area (Å²) in [7, 11) is 0. The lowest BCUT2D eigenvalue weighted by Crippen LogP contribution is -2.16. The first kappa shape index (κ1) is 28.9. The van der Waals surface area contributed by atoms with Crippen LogP contribution in [0.5, 0.6) is 5.75 Å². The van der Waals surface area contributed by atoms with E-state index in [9.17, 15) is 9.59 Å². The molecule has 0 radical (unpaired) electrons. The fourth-order valence-electron chi connectivity index (χ4n) is 4.14. The van der Waals surface area contributed by atoms with Crippen molar-refractivity contribution < 1.29 is 14.3 Å². The summed E-state index contributed by atoms with van der Waals surface area (Å²) in [5.74, 6) is -0.204. The SMILES string of the molecule is CCCCCCCCCCCCCC(=O)NN=Cc1cccc(OC(=O)c2sc3ccccc3c2Cl)c1. The molecule has 7 heteroatoms. The number of carbonyl (C=O) groups excluding carboxylic acids is 2. The van der Waals surface area contributed by atoms with Gasteiger partial charge in [-0.05, 0) is 30.2 Å². The molecule has 0 aliphatic heterocycles. The molecule has 198 valence electrons. The van der Waals surface area contributed by atoms with Crippen LogP contribution in [0.15, 0.2) is 53.6 Å². The molecule has 0 bridgehead atoms. The molecular weight excluding hydrogens is 504 g/mol. The minimum absolute atomic E-state index is 0.0887. The van der Waals surface area contributed by atoms with Gasteiger partial charge in [-0.25, -0.2) is 10.2 Å². The van der Waals surface area contributed by atoms with Gasteiger partial charge in [0, 0.05) is 16.5 Å². The second kappa shape index (κ2) is 16.2. The van der Waals surface area contributed by atoms with E-state index in [-0.39, 0.29) is 5.91 Å². The average molecular weight is 541 g/mol. The van der Waals surface area contributed by atoms with Crippen molar-refractivity contribution in [1.82, 2.24) is 5.43 Å². The maximum atomic E-state index is 12.7. The Morgan fingerprint density at radius 2 is 1.59 bits per heavy atom. The number of rotatable bonds is 16. The van der Waals surface area contributed by atoms with Crippen molar-refractivity contribution in [3.05, 3.63) is 64.0 Å². The Balaban J connectivity index is 1.34. The number of hydrazone groups is 1. The monoisotopic (exact) mass is 540 g/mol. The number of fused-ring (bicyclic) bond motifs is 1. The lowest BCUT2D eigenvalue weighted by atomic mass is 10.1. The van der Waals surface area contributed by atoms with Crippen LogP contribution >= 0.6 is 22.9 Å². The van der Waals surface area contributed by atoms with Gasteiger partial charge in [0.1, 0.15) is 10.6 Å². The molecule has 37 heavy (non-hydrogen) atoms. The third-order valence-electron chi connectivity index (χ3n) is 6.20. The molecule has 5 nitrogen and oxygen atoms in total. The van der Waals surface area contributed by atoms with Crippen molar-refractivity contribution in [2.75, 3.05) is 0 Å². The predicted octanol–water partition coefficient (Wildman–Crippen LogP) is 8.93. The summed E-state index contributed by atoms with van der Waals surface area (Å²) < 4.78 is 6.47. The third-order valence-corrected chi connectivity index (χ3v) is 7.85. The summed E-state index contributed by atoms with van der Waals surface area (Å²) in [5, 5.41) is 5.29. The number of thiophene rings is 1. The van der Waals surface area contributed by atoms with Crippen LogP contribution in [0.25, 0.3) is 10.1 Å². The number of nitrogens with one attached hydrogen (secondary N) is 1. The number of esters is 1. The minimum atomic E-state index is -0.499. The molecule has 0 spiro atoms. The fraction of sp³-hybridized carbons (Fsp3) is 0.433. The quantitative estimate of drug-likeness (QED) is 0.0648. The van der Waals surface area contributed by atoms with Gasteiger partial charge in [-0.2, -0.15) is 5.10 Å². The van der Waals surface area contributed by atoms with Crippen LogP contribution in [0.3, 0.4) is 0 Å². The molecule has 1 amide bonds. The van der Waals surface area contributed by atoms with E-state index in [2.05, 4.69) is 17.5 Å². The van der Waals surface area contributed by atoms with E-state index in [0.29, 0.717) is 27.6 Å². The lowest BCUT2D eigenvalue weighted by Gasteiger charge is -2.04. The second-order valence-corrected chi connectivity index (χ2v) is 10.7. The smallest absolute Gasteiger partial charge is 0.355 e. The van der Waals surface area contributed by atoms with Crippen molar-refractivity contribution in [2.45, 2.75) is 84.0 Å². The number of halogens is 1. The van der Waals surface area contributed by atoms with Crippen molar-refractivity contribution in [3.8, 4) is 5.75 Å². The van der Waals surface area contributed by atoms with Gasteiger partial charge in [0.25, 0.3) is 0 Å². The standard InChI is InChI=1S/C30H37ClN2O3S/c1-2-3-4-5-6-7-8-9-10-11-12-20-27(34)33-32-22-23-16-15-17-24(21-23)36-30(35)29-28(31)25-18-13-14-19-26(25)37-29/h13-19,21-22H,2-12,20H2,1H3,(H,33,34). The number of amides is 1. The van der Waals surface area contributed by atoms with Crippen LogP contribution in [0, 0.1) is 0 Å². The Kier molecular flexibility index (Phi) is 12.6. The van der Waals surface area contributed by atoms with Gasteiger partial charge in [-0.1, -0.05) is 113 Å². The van der Waals surface area contributed by atoms with E-state index in [1.165, 1.54) is 69.1 Å². The molecule has 0 unspecified atom stereocenters. The molecule has 2 aromatic carbocycles. The Morgan fingerprint density at radius 1 is 0.919 bits per heavy atom. The highest BCUT2D eigenvalue weighted by molar-refractivity contribution is 7.21. The van der Waals surface area contributed by atoms with Gasteiger partial charge < -0.3 is 4.74 Å². The first-order valence-electron chi connectivity index (χ1n) is 13.4. The summed E-state index contributed by atoms with van der Waals surface area (Å²) in [4.78, 5) is 25.1. The van der Waals surface area contributed by atoms with Gasteiger partial charge in [0.15, 0.2) is 0 Å². The highest BCUT2D eigenvalue weighted by Crippen LogP contribution is 2.35. The second-order valence-electron chi connectivity index (χ2n) is 9.28. The van der Waals surface area contributed by atoms with Gasteiger partial charge in [-0.3, -0.25) is 4.79 Å². The minimum Gasteiger partial charge on any atom is -0.422 e. The van der Waals surface area contributed by atoms with E-state index in [1.807, 2.05) is 30.3 Å². The van der Waals surface area contributed by atoms with Crippen LogP contribution in [-0.4, -0.2) is 18.1 Å². The van der Waals surface area contributed by atoms with E-state index in [1.54, 1.807) is 24.4 Å². The fourth-order valence-corrected chi connectivity index (χ4v) is 5.53. The topological polar surface area (TPSA) is 67.8 Å². The zero-order valence-corrected chi connectivity index (χ0v) is 23.2. The number of carbonyl (C=O) groups is 2. The molecular formula is C30H37ClN2O3S. The van der Waals surface area contributed by atoms with E-state index < -0.39 is 5.97 Å². The largest absolute Gasteiger partial charge is 0.422 e. The molecule has 1 N–H and O–H groups in total. The number of hydrogen-bond acceptors (Lipinski definition) is 5. The van der Waals surface area contributed by atoms with E-state index >= 15 is 0 Å². The molecule has 3 aromatic rings. The zero-order chi connectivity index (χ0) is 26.3. The van der Waals surface area contributed by atoms with Crippen LogP contribution in [0.2, 0.25) is 5.02 Å². The summed E-state index contributed by atoms with van der Waals surface area (Å²) in [5.41, 5.74) is 3.29. The van der Waals surface area contributed by atoms with Crippen LogP contribution in [-0.2, 0) is 4.79 Å². The van der Waals surface area contributed by atoms with Crippen molar-refractivity contribution in [1.29, 1.82) is 0 Å². The average Bonchev–Trinajstić information content (AvgIpc) is 3.24. The van der Waals surface area contributed by atoms with Crippen molar-refractivity contribution in [2.24, 2.45) is 5.10 Å². The summed E-state index contributed by atoms with van der Waals surface area (Å²) in [6, 6.07) is 14.6. The highest BCUT2D eigenvalue weighted by atomic mass is 35.5. The zero-order valence-electron chi connectivity index (χ0n) is 21.6. The predicted molar refractivity (Wildman–Crippen MR) is 155 cm³/mol. The maximum absolute atomic E-state index is 12.7. The Bertz CT molecular complexity index is 1170. The van der Waals surface area contributed by atoms with Crippen molar-refractivity contribution in [3.63, 3.8) is 0 Å². The molecule has 0 aliphatic rings. The first-order valence-corrected chi connectivity index (χ1v) is 14.6.